The quantitative estimate of drug-likeness (QED) is 0.580. The second-order valence-corrected chi connectivity index (χ2v) is 2.93. The van der Waals surface area contributed by atoms with E-state index in [2.05, 4.69) is 44.1 Å². The third-order valence-electron chi connectivity index (χ3n) is 1.91. The minimum absolute atomic E-state index is 0.959. The second kappa shape index (κ2) is 7.56. The molecule has 0 bridgehead atoms. The minimum Gasteiger partial charge on any atom is -0.405 e. The van der Waals surface area contributed by atoms with Gasteiger partial charge in [-0.25, -0.2) is 0 Å². The van der Waals surface area contributed by atoms with Gasteiger partial charge >= 0.3 is 0 Å². The normalized spacial score (nSPS) is 10.3. The highest BCUT2D eigenvalue weighted by Crippen LogP contribution is 2.16. The summed E-state index contributed by atoms with van der Waals surface area (Å²) >= 11 is 0. The molecule has 0 amide bonds. The summed E-state index contributed by atoms with van der Waals surface area (Å²) in [5, 5.41) is 0. The van der Waals surface area contributed by atoms with E-state index < -0.39 is 0 Å². The first kappa shape index (κ1) is 13.2. The summed E-state index contributed by atoms with van der Waals surface area (Å²) in [5.41, 5.74) is 8.68. The van der Waals surface area contributed by atoms with Crippen molar-refractivity contribution < 1.29 is 0 Å². The van der Waals surface area contributed by atoms with Crippen LogP contribution in [0.5, 0.6) is 0 Å². The lowest BCUT2D eigenvalue weighted by Gasteiger charge is -1.99. The molecule has 0 aliphatic rings. The van der Waals surface area contributed by atoms with Gasteiger partial charge in [0.25, 0.3) is 0 Å². The van der Waals surface area contributed by atoms with Gasteiger partial charge in [0.1, 0.15) is 0 Å². The average molecular weight is 202 g/mol. The van der Waals surface area contributed by atoms with Crippen LogP contribution in [0.2, 0.25) is 0 Å². The molecule has 0 atom stereocenters. The van der Waals surface area contributed by atoms with Crippen molar-refractivity contribution in [3.8, 4) is 0 Å². The molecule has 0 heterocycles. The molecule has 1 aromatic carbocycles. The van der Waals surface area contributed by atoms with E-state index >= 15 is 0 Å². The topological polar surface area (TPSA) is 38.4 Å². The third-order valence-corrected chi connectivity index (χ3v) is 1.91. The molecule has 2 N–H and O–H groups in total. The largest absolute Gasteiger partial charge is 0.405 e. The Hall–Kier alpha value is -1.83. The van der Waals surface area contributed by atoms with Crippen LogP contribution in [-0.4, -0.2) is 6.21 Å². The van der Waals surface area contributed by atoms with E-state index in [-0.39, 0.29) is 0 Å². The average Bonchev–Trinajstić information content (AvgIpc) is 2.27. The first-order valence-electron chi connectivity index (χ1n) is 4.72. The van der Waals surface area contributed by atoms with Gasteiger partial charge in [0.15, 0.2) is 0 Å². The Kier molecular flexibility index (Phi) is 6.64. The summed E-state index contributed by atoms with van der Waals surface area (Å²) in [6.07, 6.45) is 4.85. The number of nitrogens with zero attached hydrogens (tertiary/aromatic N) is 1. The number of rotatable bonds is 2. The zero-order valence-corrected chi connectivity index (χ0v) is 9.40. The Morgan fingerprint density at radius 3 is 2.40 bits per heavy atom. The molecule has 2 nitrogen and oxygen atoms in total. The summed E-state index contributed by atoms with van der Waals surface area (Å²) in [5.74, 6) is 0. The Bertz CT molecular complexity index is 352. The van der Waals surface area contributed by atoms with Gasteiger partial charge in [-0.3, -0.25) is 4.99 Å². The number of aliphatic imine (C=N–C) groups is 1. The fourth-order valence-corrected chi connectivity index (χ4v) is 0.985. The van der Waals surface area contributed by atoms with Crippen molar-refractivity contribution >= 4 is 11.9 Å². The maximum absolute atomic E-state index is 5.17. The zero-order valence-electron chi connectivity index (χ0n) is 9.40. The van der Waals surface area contributed by atoms with Crippen LogP contribution in [0, 0.1) is 13.8 Å². The van der Waals surface area contributed by atoms with E-state index in [0.29, 0.717) is 0 Å². The molecule has 80 valence electrons. The lowest BCUT2D eigenvalue weighted by Crippen LogP contribution is -1.79. The van der Waals surface area contributed by atoms with Gasteiger partial charge in [-0.15, -0.1) is 13.2 Å². The highest BCUT2D eigenvalue weighted by molar-refractivity contribution is 5.74. The number of allylic oxidation sites excluding steroid dienone is 1. The van der Waals surface area contributed by atoms with E-state index in [0.717, 1.165) is 5.69 Å². The Morgan fingerprint density at radius 2 is 1.87 bits per heavy atom. The summed E-state index contributed by atoms with van der Waals surface area (Å²) in [6.45, 7) is 10.2. The fourth-order valence-electron chi connectivity index (χ4n) is 0.985. The lowest BCUT2D eigenvalue weighted by molar-refractivity contribution is 1.33. The van der Waals surface area contributed by atoms with Gasteiger partial charge in [-0.1, -0.05) is 6.07 Å². The molecule has 0 fully saturated rings. The molecule has 1 rings (SSSR count). The highest BCUT2D eigenvalue weighted by atomic mass is 14.7. The standard InChI is InChI=1S/C11H14N2.C2H4/c1-9-4-5-11(8-10(9)2)13-7-3-6-12;1-2/h3-8H,12H2,1-2H3;1-2H2/b6-3-,13-7?;. The molecule has 0 aliphatic heterocycles. The zero-order chi connectivity index (χ0) is 11.7. The van der Waals surface area contributed by atoms with Crippen molar-refractivity contribution in [3.05, 3.63) is 54.8 Å². The van der Waals surface area contributed by atoms with Crippen molar-refractivity contribution in [3.63, 3.8) is 0 Å². The summed E-state index contributed by atoms with van der Waals surface area (Å²) < 4.78 is 0. The van der Waals surface area contributed by atoms with Crippen LogP contribution < -0.4 is 5.73 Å². The summed E-state index contributed by atoms with van der Waals surface area (Å²) in [7, 11) is 0. The molecule has 0 saturated carbocycles. The Morgan fingerprint density at radius 1 is 1.20 bits per heavy atom. The second-order valence-electron chi connectivity index (χ2n) is 2.93. The molecule has 2 heteroatoms. The maximum atomic E-state index is 5.17. The van der Waals surface area contributed by atoms with Gasteiger partial charge in [0, 0.05) is 6.21 Å². The van der Waals surface area contributed by atoms with Gasteiger partial charge in [0.05, 0.1) is 5.69 Å². The number of aryl methyl sites for hydroxylation is 2. The predicted molar refractivity (Wildman–Crippen MR) is 68.6 cm³/mol. The van der Waals surface area contributed by atoms with Crippen molar-refractivity contribution in [2.75, 3.05) is 0 Å². The van der Waals surface area contributed by atoms with E-state index in [1.165, 1.54) is 17.3 Å². The Balaban J connectivity index is 0.000000921. The first-order chi connectivity index (χ1) is 7.24. The summed E-state index contributed by atoms with van der Waals surface area (Å²) in [4.78, 5) is 4.21. The Labute approximate surface area is 91.8 Å². The SMILES string of the molecule is C=C.Cc1ccc(N=C/C=C\N)cc1C. The number of hydrogen-bond donors (Lipinski definition) is 1. The molecule has 0 aromatic heterocycles. The van der Waals surface area contributed by atoms with Crippen LogP contribution in [0.25, 0.3) is 0 Å². The van der Waals surface area contributed by atoms with E-state index in [9.17, 15) is 0 Å². The van der Waals surface area contributed by atoms with Gasteiger partial charge < -0.3 is 5.73 Å². The van der Waals surface area contributed by atoms with Gasteiger partial charge in [-0.2, -0.15) is 0 Å². The van der Waals surface area contributed by atoms with Crippen LogP contribution in [0.4, 0.5) is 5.69 Å². The molecular formula is C13H18N2. The third kappa shape index (κ3) is 4.81. The van der Waals surface area contributed by atoms with E-state index in [4.69, 9.17) is 5.73 Å². The molecular weight excluding hydrogens is 184 g/mol. The molecule has 0 aliphatic carbocycles. The van der Waals surface area contributed by atoms with Gasteiger partial charge in [-0.05, 0) is 49.4 Å². The highest BCUT2D eigenvalue weighted by Gasteiger charge is 1.92. The maximum Gasteiger partial charge on any atom is 0.0632 e. The van der Waals surface area contributed by atoms with Crippen LogP contribution in [0.3, 0.4) is 0 Å². The number of hydrogen-bond acceptors (Lipinski definition) is 2. The van der Waals surface area contributed by atoms with Crippen LogP contribution in [-0.2, 0) is 0 Å². The van der Waals surface area contributed by atoms with E-state index in [1.807, 2.05) is 6.07 Å². The van der Waals surface area contributed by atoms with Crippen molar-refractivity contribution in [2.24, 2.45) is 10.7 Å². The molecule has 0 spiro atoms. The number of nitrogens with two attached hydrogens (primary N) is 1. The predicted octanol–water partition coefficient (Wildman–Crippen LogP) is 3.28. The minimum atomic E-state index is 0.959. The molecule has 15 heavy (non-hydrogen) atoms. The van der Waals surface area contributed by atoms with Crippen molar-refractivity contribution in [2.45, 2.75) is 13.8 Å². The van der Waals surface area contributed by atoms with Crippen molar-refractivity contribution in [1.82, 2.24) is 0 Å². The van der Waals surface area contributed by atoms with Crippen LogP contribution >= 0.6 is 0 Å². The first-order valence-corrected chi connectivity index (χ1v) is 4.72. The smallest absolute Gasteiger partial charge is 0.0632 e. The van der Waals surface area contributed by atoms with Crippen LogP contribution in [0.15, 0.2) is 48.6 Å². The number of benzene rings is 1. The lowest BCUT2D eigenvalue weighted by atomic mass is 10.1. The molecule has 0 saturated heterocycles. The molecule has 1 aromatic rings. The van der Waals surface area contributed by atoms with E-state index in [1.54, 1.807) is 12.3 Å². The molecule has 0 radical (unpaired) electrons. The monoisotopic (exact) mass is 202 g/mol. The molecule has 0 unspecified atom stereocenters. The summed E-state index contributed by atoms with van der Waals surface area (Å²) in [6, 6.07) is 6.10. The fraction of sp³-hybridized carbons (Fsp3) is 0.154. The van der Waals surface area contributed by atoms with Gasteiger partial charge in [0.2, 0.25) is 0 Å². The van der Waals surface area contributed by atoms with Crippen molar-refractivity contribution in [1.29, 1.82) is 0 Å². The van der Waals surface area contributed by atoms with Crippen LogP contribution in [0.1, 0.15) is 11.1 Å².